The molecule has 0 aliphatic heterocycles. The van der Waals surface area contributed by atoms with Gasteiger partial charge in [-0.25, -0.2) is 9.97 Å². The van der Waals surface area contributed by atoms with E-state index >= 15 is 0 Å². The fraction of sp³-hybridized carbons (Fsp3) is 0.500. The van der Waals surface area contributed by atoms with Gasteiger partial charge in [0.2, 0.25) is 0 Å². The Morgan fingerprint density at radius 3 is 2.71 bits per heavy atom. The summed E-state index contributed by atoms with van der Waals surface area (Å²) in [5.41, 5.74) is 0.434. The molecule has 0 aliphatic rings. The van der Waals surface area contributed by atoms with E-state index in [0.717, 1.165) is 0 Å². The van der Waals surface area contributed by atoms with E-state index in [1.165, 1.54) is 25.5 Å². The lowest BCUT2D eigenvalue weighted by atomic mass is 10.3. The SMILES string of the molecule is CC(OCC(F)(F)F)c1ccncn1. The Kier molecular flexibility index (Phi) is 3.40. The van der Waals surface area contributed by atoms with E-state index in [9.17, 15) is 13.2 Å². The lowest BCUT2D eigenvalue weighted by Crippen LogP contribution is -2.18. The minimum atomic E-state index is -4.30. The molecule has 1 aromatic rings. The maximum atomic E-state index is 11.8. The molecular weight excluding hydrogens is 197 g/mol. The van der Waals surface area contributed by atoms with Crippen LogP contribution in [-0.2, 0) is 4.74 Å². The molecular formula is C8H9F3N2O. The molecule has 0 bridgehead atoms. The van der Waals surface area contributed by atoms with Crippen molar-refractivity contribution in [3.8, 4) is 0 Å². The van der Waals surface area contributed by atoms with E-state index in [4.69, 9.17) is 0 Å². The largest absolute Gasteiger partial charge is 0.411 e. The van der Waals surface area contributed by atoms with Gasteiger partial charge in [-0.15, -0.1) is 0 Å². The highest BCUT2D eigenvalue weighted by Gasteiger charge is 2.28. The van der Waals surface area contributed by atoms with E-state index in [1.54, 1.807) is 0 Å². The van der Waals surface area contributed by atoms with Crippen LogP contribution < -0.4 is 0 Å². The summed E-state index contributed by atoms with van der Waals surface area (Å²) in [7, 11) is 0. The Hall–Kier alpha value is -1.17. The molecule has 0 amide bonds. The predicted octanol–water partition coefficient (Wildman–Crippen LogP) is 2.12. The van der Waals surface area contributed by atoms with E-state index in [2.05, 4.69) is 14.7 Å². The lowest BCUT2D eigenvalue weighted by molar-refractivity contribution is -0.184. The highest BCUT2D eigenvalue weighted by molar-refractivity contribution is 5.00. The summed E-state index contributed by atoms with van der Waals surface area (Å²) in [6.45, 7) is 0.242. The van der Waals surface area contributed by atoms with Crippen molar-refractivity contribution in [2.24, 2.45) is 0 Å². The van der Waals surface area contributed by atoms with Crippen LogP contribution in [0.3, 0.4) is 0 Å². The molecule has 0 radical (unpaired) electrons. The van der Waals surface area contributed by atoms with Gasteiger partial charge in [0.1, 0.15) is 12.9 Å². The fourth-order valence-electron chi connectivity index (χ4n) is 0.846. The van der Waals surface area contributed by atoms with Crippen LogP contribution in [-0.4, -0.2) is 22.8 Å². The molecule has 1 heterocycles. The molecule has 78 valence electrons. The lowest BCUT2D eigenvalue weighted by Gasteiger charge is -2.13. The minimum Gasteiger partial charge on any atom is -0.363 e. The van der Waals surface area contributed by atoms with Crippen molar-refractivity contribution < 1.29 is 17.9 Å². The number of nitrogens with zero attached hydrogens (tertiary/aromatic N) is 2. The van der Waals surface area contributed by atoms with Gasteiger partial charge in [-0.3, -0.25) is 0 Å². The van der Waals surface area contributed by atoms with Gasteiger partial charge in [-0.05, 0) is 13.0 Å². The standard InChI is InChI=1S/C8H9F3N2O/c1-6(14-4-8(9,10)11)7-2-3-12-5-13-7/h2-3,5-6H,4H2,1H3. The molecule has 3 nitrogen and oxygen atoms in total. The topological polar surface area (TPSA) is 35.0 Å². The molecule has 0 saturated heterocycles. The molecule has 1 atom stereocenters. The Morgan fingerprint density at radius 1 is 1.50 bits per heavy atom. The average molecular weight is 206 g/mol. The van der Waals surface area contributed by atoms with Crippen LogP contribution in [0.5, 0.6) is 0 Å². The molecule has 1 rings (SSSR count). The molecule has 0 aromatic carbocycles. The van der Waals surface area contributed by atoms with Gasteiger partial charge < -0.3 is 4.74 Å². The highest BCUT2D eigenvalue weighted by atomic mass is 19.4. The van der Waals surface area contributed by atoms with E-state index in [0.29, 0.717) is 5.69 Å². The maximum absolute atomic E-state index is 11.8. The molecule has 1 aromatic heterocycles. The summed E-state index contributed by atoms with van der Waals surface area (Å²) in [4.78, 5) is 7.42. The summed E-state index contributed by atoms with van der Waals surface area (Å²) < 4.78 is 39.9. The third-order valence-corrected chi connectivity index (χ3v) is 1.52. The second kappa shape index (κ2) is 4.36. The van der Waals surface area contributed by atoms with Gasteiger partial charge in [-0.1, -0.05) is 0 Å². The molecule has 14 heavy (non-hydrogen) atoms. The Morgan fingerprint density at radius 2 is 2.21 bits per heavy atom. The quantitative estimate of drug-likeness (QED) is 0.759. The van der Waals surface area contributed by atoms with E-state index < -0.39 is 18.9 Å². The van der Waals surface area contributed by atoms with Crippen molar-refractivity contribution in [2.75, 3.05) is 6.61 Å². The zero-order valence-corrected chi connectivity index (χ0v) is 7.45. The normalized spacial score (nSPS) is 14.0. The van der Waals surface area contributed by atoms with Crippen LogP contribution in [0, 0.1) is 0 Å². The van der Waals surface area contributed by atoms with Crippen molar-refractivity contribution in [1.29, 1.82) is 0 Å². The van der Waals surface area contributed by atoms with Gasteiger partial charge in [0.05, 0.1) is 11.8 Å². The summed E-state index contributed by atoms with van der Waals surface area (Å²) in [5.74, 6) is 0. The summed E-state index contributed by atoms with van der Waals surface area (Å²) in [6, 6.07) is 1.51. The number of alkyl halides is 3. The average Bonchev–Trinajstić information content (AvgIpc) is 2.14. The van der Waals surface area contributed by atoms with Crippen LogP contribution in [0.4, 0.5) is 13.2 Å². The van der Waals surface area contributed by atoms with Gasteiger partial charge in [0, 0.05) is 6.20 Å². The van der Waals surface area contributed by atoms with Crippen molar-refractivity contribution >= 4 is 0 Å². The number of rotatable bonds is 3. The minimum absolute atomic E-state index is 0.434. The van der Waals surface area contributed by atoms with Crippen LogP contribution in [0.15, 0.2) is 18.6 Å². The zero-order chi connectivity index (χ0) is 10.6. The highest BCUT2D eigenvalue weighted by Crippen LogP contribution is 2.20. The summed E-state index contributed by atoms with van der Waals surface area (Å²) >= 11 is 0. The Labute approximate surface area is 78.9 Å². The predicted molar refractivity (Wildman–Crippen MR) is 42.5 cm³/mol. The van der Waals surface area contributed by atoms with Gasteiger partial charge in [-0.2, -0.15) is 13.2 Å². The first kappa shape index (κ1) is 10.9. The van der Waals surface area contributed by atoms with Gasteiger partial charge in [0.15, 0.2) is 0 Å². The first-order valence-electron chi connectivity index (χ1n) is 3.93. The number of halogens is 3. The van der Waals surface area contributed by atoms with Crippen molar-refractivity contribution in [2.45, 2.75) is 19.2 Å². The number of aromatic nitrogens is 2. The molecule has 0 saturated carbocycles. The van der Waals surface area contributed by atoms with Crippen LogP contribution in [0.1, 0.15) is 18.7 Å². The fourth-order valence-corrected chi connectivity index (χ4v) is 0.846. The maximum Gasteiger partial charge on any atom is 0.411 e. The number of hydrogen-bond acceptors (Lipinski definition) is 3. The van der Waals surface area contributed by atoms with Crippen molar-refractivity contribution in [1.82, 2.24) is 9.97 Å². The first-order chi connectivity index (χ1) is 6.49. The van der Waals surface area contributed by atoms with Crippen LogP contribution in [0.25, 0.3) is 0 Å². The second-order valence-corrected chi connectivity index (χ2v) is 2.70. The van der Waals surface area contributed by atoms with E-state index in [1.807, 2.05) is 0 Å². The molecule has 0 fully saturated rings. The molecule has 1 unspecified atom stereocenters. The smallest absolute Gasteiger partial charge is 0.363 e. The third-order valence-electron chi connectivity index (χ3n) is 1.52. The Balaban J connectivity index is 2.48. The molecule has 0 spiro atoms. The monoisotopic (exact) mass is 206 g/mol. The van der Waals surface area contributed by atoms with Crippen molar-refractivity contribution in [3.05, 3.63) is 24.3 Å². The molecule has 6 heteroatoms. The van der Waals surface area contributed by atoms with Gasteiger partial charge in [0.25, 0.3) is 0 Å². The van der Waals surface area contributed by atoms with Crippen LogP contribution >= 0.6 is 0 Å². The Bertz CT molecular complexity index is 276. The van der Waals surface area contributed by atoms with Gasteiger partial charge >= 0.3 is 6.18 Å². The van der Waals surface area contributed by atoms with Crippen molar-refractivity contribution in [3.63, 3.8) is 0 Å². The summed E-state index contributed by atoms with van der Waals surface area (Å²) in [6.07, 6.45) is -2.26. The first-order valence-corrected chi connectivity index (χ1v) is 3.93. The number of ether oxygens (including phenoxy) is 1. The molecule has 0 N–H and O–H groups in total. The zero-order valence-electron chi connectivity index (χ0n) is 7.45. The third kappa shape index (κ3) is 3.69. The van der Waals surface area contributed by atoms with E-state index in [-0.39, 0.29) is 0 Å². The number of hydrogen-bond donors (Lipinski definition) is 0. The molecule has 0 aliphatic carbocycles. The van der Waals surface area contributed by atoms with Crippen LogP contribution in [0.2, 0.25) is 0 Å². The second-order valence-electron chi connectivity index (χ2n) is 2.70. The summed E-state index contributed by atoms with van der Waals surface area (Å²) in [5, 5.41) is 0.